The number of imidazole rings is 1. The fourth-order valence-corrected chi connectivity index (χ4v) is 1.89. The first-order valence-corrected chi connectivity index (χ1v) is 5.34. The second kappa shape index (κ2) is 4.44. The molecular formula is C10H11N3O2S. The van der Waals surface area contributed by atoms with Gasteiger partial charge >= 0.3 is 5.97 Å². The predicted molar refractivity (Wildman–Crippen MR) is 61.8 cm³/mol. The van der Waals surface area contributed by atoms with E-state index in [1.807, 2.05) is 16.7 Å². The van der Waals surface area contributed by atoms with Crippen molar-refractivity contribution in [1.82, 2.24) is 14.5 Å². The summed E-state index contributed by atoms with van der Waals surface area (Å²) in [5.41, 5.74) is 1.65. The van der Waals surface area contributed by atoms with Crippen LogP contribution in [0.3, 0.4) is 0 Å². The van der Waals surface area contributed by atoms with E-state index in [9.17, 15) is 4.79 Å². The normalized spacial score (nSPS) is 10.8. The van der Waals surface area contributed by atoms with Gasteiger partial charge in [-0.05, 0) is 30.8 Å². The van der Waals surface area contributed by atoms with Crippen LogP contribution in [0.25, 0.3) is 11.2 Å². The zero-order chi connectivity index (χ0) is 11.5. The van der Waals surface area contributed by atoms with Crippen molar-refractivity contribution in [2.45, 2.75) is 19.4 Å². The molecule has 0 fully saturated rings. The number of carbonyl (C=O) groups is 1. The molecule has 0 aromatic carbocycles. The van der Waals surface area contributed by atoms with Crippen molar-refractivity contribution < 1.29 is 9.90 Å². The molecule has 0 aliphatic rings. The molecule has 2 heterocycles. The van der Waals surface area contributed by atoms with Crippen molar-refractivity contribution in [2.75, 3.05) is 0 Å². The van der Waals surface area contributed by atoms with E-state index in [2.05, 4.69) is 9.97 Å². The Morgan fingerprint density at radius 2 is 2.44 bits per heavy atom. The van der Waals surface area contributed by atoms with Gasteiger partial charge in [-0.1, -0.05) is 0 Å². The second-order valence-electron chi connectivity index (χ2n) is 3.45. The molecule has 0 aliphatic carbocycles. The quantitative estimate of drug-likeness (QED) is 0.797. The zero-order valence-electron chi connectivity index (χ0n) is 8.51. The number of hydrogen-bond donors (Lipinski definition) is 2. The van der Waals surface area contributed by atoms with E-state index < -0.39 is 5.97 Å². The Bertz CT molecular complexity index is 573. The maximum atomic E-state index is 10.4. The highest BCUT2D eigenvalue weighted by Gasteiger charge is 2.05. The number of fused-ring (bicyclic) bond motifs is 1. The van der Waals surface area contributed by atoms with Gasteiger partial charge in [0, 0.05) is 19.2 Å². The van der Waals surface area contributed by atoms with E-state index in [-0.39, 0.29) is 6.42 Å². The number of carboxylic acid groups (broad SMARTS) is 1. The fourth-order valence-electron chi connectivity index (χ4n) is 1.60. The third-order valence-corrected chi connectivity index (χ3v) is 2.64. The minimum Gasteiger partial charge on any atom is -0.481 e. The molecule has 0 saturated carbocycles. The number of aryl methyl sites for hydroxylation is 1. The van der Waals surface area contributed by atoms with Crippen LogP contribution in [0.1, 0.15) is 12.8 Å². The standard InChI is InChI=1S/C10H11N3O2S/c14-8(15)4-2-6-13-7-3-1-5-11-9(7)12-10(13)16/h1,3,5H,2,4,6H2,(H,14,15)(H,11,12,16). The molecule has 0 spiro atoms. The van der Waals surface area contributed by atoms with Crippen molar-refractivity contribution in [3.05, 3.63) is 23.1 Å². The van der Waals surface area contributed by atoms with Gasteiger partial charge in [0.2, 0.25) is 0 Å². The van der Waals surface area contributed by atoms with Crippen molar-refractivity contribution in [1.29, 1.82) is 0 Å². The van der Waals surface area contributed by atoms with Crippen LogP contribution in [0.4, 0.5) is 0 Å². The van der Waals surface area contributed by atoms with Crippen molar-refractivity contribution in [3.8, 4) is 0 Å². The van der Waals surface area contributed by atoms with E-state index >= 15 is 0 Å². The van der Waals surface area contributed by atoms with Crippen molar-refractivity contribution in [2.24, 2.45) is 0 Å². The van der Waals surface area contributed by atoms with Gasteiger partial charge in [-0.3, -0.25) is 4.79 Å². The second-order valence-corrected chi connectivity index (χ2v) is 3.84. The Morgan fingerprint density at radius 3 is 3.19 bits per heavy atom. The van der Waals surface area contributed by atoms with Crippen molar-refractivity contribution >= 4 is 29.4 Å². The lowest BCUT2D eigenvalue weighted by atomic mass is 10.3. The molecule has 0 bridgehead atoms. The Balaban J connectivity index is 2.26. The molecule has 5 nitrogen and oxygen atoms in total. The number of carboxylic acids is 1. The lowest BCUT2D eigenvalue weighted by Crippen LogP contribution is -2.02. The van der Waals surface area contributed by atoms with Crippen LogP contribution < -0.4 is 0 Å². The largest absolute Gasteiger partial charge is 0.481 e. The van der Waals surface area contributed by atoms with Gasteiger partial charge in [0.1, 0.15) is 0 Å². The molecule has 84 valence electrons. The van der Waals surface area contributed by atoms with E-state index in [4.69, 9.17) is 17.3 Å². The zero-order valence-corrected chi connectivity index (χ0v) is 9.33. The molecule has 0 unspecified atom stereocenters. The number of aromatic nitrogens is 3. The summed E-state index contributed by atoms with van der Waals surface area (Å²) in [5.74, 6) is -0.788. The summed E-state index contributed by atoms with van der Waals surface area (Å²) in [6, 6.07) is 3.74. The summed E-state index contributed by atoms with van der Waals surface area (Å²) in [4.78, 5) is 17.6. The number of nitrogens with zero attached hydrogens (tertiary/aromatic N) is 2. The van der Waals surface area contributed by atoms with Crippen LogP contribution >= 0.6 is 12.2 Å². The van der Waals surface area contributed by atoms with E-state index in [0.717, 1.165) is 11.2 Å². The number of nitrogens with one attached hydrogen (secondary N) is 1. The number of rotatable bonds is 4. The molecule has 0 amide bonds. The third-order valence-electron chi connectivity index (χ3n) is 2.32. The Morgan fingerprint density at radius 1 is 1.62 bits per heavy atom. The van der Waals surface area contributed by atoms with E-state index in [1.54, 1.807) is 6.20 Å². The summed E-state index contributed by atoms with van der Waals surface area (Å²) < 4.78 is 2.46. The fraction of sp³-hybridized carbons (Fsp3) is 0.300. The lowest BCUT2D eigenvalue weighted by molar-refractivity contribution is -0.137. The van der Waals surface area contributed by atoms with Crippen molar-refractivity contribution in [3.63, 3.8) is 0 Å². The highest BCUT2D eigenvalue weighted by atomic mass is 32.1. The van der Waals surface area contributed by atoms with E-state index in [0.29, 0.717) is 17.7 Å². The summed E-state index contributed by atoms with van der Waals surface area (Å²) in [7, 11) is 0. The summed E-state index contributed by atoms with van der Waals surface area (Å²) >= 11 is 5.15. The minimum absolute atomic E-state index is 0.148. The topological polar surface area (TPSA) is 70.9 Å². The Hall–Kier alpha value is -1.69. The average molecular weight is 237 g/mol. The summed E-state index contributed by atoms with van der Waals surface area (Å²) in [5, 5.41) is 8.57. The maximum absolute atomic E-state index is 10.4. The lowest BCUT2D eigenvalue weighted by Gasteiger charge is -2.01. The number of aromatic amines is 1. The van der Waals surface area contributed by atoms with Gasteiger partial charge in [-0.2, -0.15) is 0 Å². The molecule has 0 atom stereocenters. The number of pyridine rings is 1. The molecule has 2 rings (SSSR count). The molecule has 0 saturated heterocycles. The molecule has 16 heavy (non-hydrogen) atoms. The Labute approximate surface area is 96.7 Å². The summed E-state index contributed by atoms with van der Waals surface area (Å²) in [6.07, 6.45) is 2.40. The van der Waals surface area contributed by atoms with Crippen LogP contribution in [0.15, 0.2) is 18.3 Å². The van der Waals surface area contributed by atoms with E-state index in [1.165, 1.54) is 0 Å². The number of H-pyrrole nitrogens is 1. The molecular weight excluding hydrogens is 226 g/mol. The van der Waals surface area contributed by atoms with Gasteiger partial charge in [-0.25, -0.2) is 4.98 Å². The highest BCUT2D eigenvalue weighted by Crippen LogP contribution is 2.11. The molecule has 2 aromatic rings. The number of hydrogen-bond acceptors (Lipinski definition) is 3. The van der Waals surface area contributed by atoms with Crippen LogP contribution in [0.2, 0.25) is 0 Å². The van der Waals surface area contributed by atoms with Gasteiger partial charge in [0.15, 0.2) is 10.4 Å². The minimum atomic E-state index is -0.788. The van der Waals surface area contributed by atoms with Crippen LogP contribution in [0.5, 0.6) is 0 Å². The van der Waals surface area contributed by atoms with Crippen LogP contribution in [-0.4, -0.2) is 25.6 Å². The van der Waals surface area contributed by atoms with Gasteiger partial charge in [0.25, 0.3) is 0 Å². The molecule has 6 heteroatoms. The first-order valence-electron chi connectivity index (χ1n) is 4.94. The predicted octanol–water partition coefficient (Wildman–Crippen LogP) is 1.96. The van der Waals surface area contributed by atoms with Gasteiger partial charge in [0.05, 0.1) is 5.52 Å². The smallest absolute Gasteiger partial charge is 0.303 e. The van der Waals surface area contributed by atoms with Gasteiger partial charge in [-0.15, -0.1) is 0 Å². The molecule has 2 aromatic heterocycles. The Kier molecular flexibility index (Phi) is 3.00. The van der Waals surface area contributed by atoms with Crippen LogP contribution in [0, 0.1) is 4.77 Å². The SMILES string of the molecule is O=C(O)CCCn1c(=S)[nH]c2ncccc21. The van der Waals surface area contributed by atoms with Gasteiger partial charge < -0.3 is 14.7 Å². The summed E-state index contributed by atoms with van der Waals surface area (Å²) in [6.45, 7) is 0.594. The first-order chi connectivity index (χ1) is 7.68. The molecule has 0 radical (unpaired) electrons. The third kappa shape index (κ3) is 2.11. The monoisotopic (exact) mass is 237 g/mol. The van der Waals surface area contributed by atoms with Crippen LogP contribution in [-0.2, 0) is 11.3 Å². The molecule has 0 aliphatic heterocycles. The average Bonchev–Trinajstić information content (AvgIpc) is 2.55. The molecule has 2 N–H and O–H groups in total. The number of aliphatic carboxylic acids is 1. The first kappa shape index (κ1) is 10.8. The highest BCUT2D eigenvalue weighted by molar-refractivity contribution is 7.71. The maximum Gasteiger partial charge on any atom is 0.303 e.